The van der Waals surface area contributed by atoms with Crippen LogP contribution in [0.15, 0.2) is 24.3 Å². The van der Waals surface area contributed by atoms with Crippen molar-refractivity contribution in [3.63, 3.8) is 0 Å². The summed E-state index contributed by atoms with van der Waals surface area (Å²) in [6.07, 6.45) is 7.75. The van der Waals surface area contributed by atoms with Gasteiger partial charge >= 0.3 is 0 Å². The lowest BCUT2D eigenvalue weighted by Gasteiger charge is -2.31. The van der Waals surface area contributed by atoms with E-state index in [0.717, 1.165) is 18.1 Å². The molecule has 0 bridgehead atoms. The van der Waals surface area contributed by atoms with Gasteiger partial charge in [0.25, 0.3) is 0 Å². The molecule has 1 fully saturated rings. The Kier molecular flexibility index (Phi) is 5.26. The van der Waals surface area contributed by atoms with Gasteiger partial charge in [-0.15, -0.1) is 0 Å². The van der Waals surface area contributed by atoms with Crippen LogP contribution in [0.4, 0.5) is 0 Å². The maximum Gasteiger partial charge on any atom is 0.120 e. The van der Waals surface area contributed by atoms with Crippen LogP contribution in [-0.2, 0) is 0 Å². The average Bonchev–Trinajstić information content (AvgIpc) is 2.47. The molecule has 19 heavy (non-hydrogen) atoms. The zero-order valence-corrected chi connectivity index (χ0v) is 12.3. The second-order valence-electron chi connectivity index (χ2n) is 5.70. The van der Waals surface area contributed by atoms with Crippen LogP contribution in [0.25, 0.3) is 0 Å². The normalized spacial score (nSPS) is 25.0. The highest BCUT2D eigenvalue weighted by atomic mass is 16.5. The van der Waals surface area contributed by atoms with Gasteiger partial charge in [-0.2, -0.15) is 0 Å². The standard InChI is InChI=1S/C17H27NO/c1-3-13-8-5-6-11-17(13)19-15-10-7-9-14(12-15)16(18)4-2/h7,9-10,12-13,16-17H,3-6,8,11,18H2,1-2H3. The highest BCUT2D eigenvalue weighted by molar-refractivity contribution is 5.30. The van der Waals surface area contributed by atoms with E-state index in [4.69, 9.17) is 10.5 Å². The monoisotopic (exact) mass is 261 g/mol. The number of rotatable bonds is 5. The fraction of sp³-hybridized carbons (Fsp3) is 0.647. The van der Waals surface area contributed by atoms with Crippen molar-refractivity contribution in [3.8, 4) is 5.75 Å². The van der Waals surface area contributed by atoms with E-state index >= 15 is 0 Å². The predicted octanol–water partition coefficient (Wildman–Crippen LogP) is 4.44. The molecular formula is C17H27NO. The summed E-state index contributed by atoms with van der Waals surface area (Å²) in [5, 5.41) is 0. The molecule has 0 saturated heterocycles. The lowest BCUT2D eigenvalue weighted by molar-refractivity contribution is 0.0903. The summed E-state index contributed by atoms with van der Waals surface area (Å²) in [7, 11) is 0. The van der Waals surface area contributed by atoms with Gasteiger partial charge in [0, 0.05) is 6.04 Å². The quantitative estimate of drug-likeness (QED) is 0.850. The van der Waals surface area contributed by atoms with Crippen LogP contribution in [0.3, 0.4) is 0 Å². The zero-order valence-electron chi connectivity index (χ0n) is 12.3. The van der Waals surface area contributed by atoms with Crippen LogP contribution in [-0.4, -0.2) is 6.10 Å². The molecule has 1 aromatic carbocycles. The van der Waals surface area contributed by atoms with Crippen molar-refractivity contribution in [2.24, 2.45) is 11.7 Å². The van der Waals surface area contributed by atoms with Gasteiger partial charge in [-0.3, -0.25) is 0 Å². The minimum atomic E-state index is 0.122. The Morgan fingerprint density at radius 2 is 2.05 bits per heavy atom. The molecule has 3 atom stereocenters. The molecule has 0 heterocycles. The molecule has 1 aliphatic carbocycles. The fourth-order valence-corrected chi connectivity index (χ4v) is 3.02. The minimum absolute atomic E-state index is 0.122. The van der Waals surface area contributed by atoms with Crippen molar-refractivity contribution in [3.05, 3.63) is 29.8 Å². The topological polar surface area (TPSA) is 35.2 Å². The van der Waals surface area contributed by atoms with Crippen molar-refractivity contribution in [1.29, 1.82) is 0 Å². The van der Waals surface area contributed by atoms with Gasteiger partial charge in [0.2, 0.25) is 0 Å². The summed E-state index contributed by atoms with van der Waals surface area (Å²) in [5.74, 6) is 1.71. The van der Waals surface area contributed by atoms with Gasteiger partial charge in [-0.1, -0.05) is 32.4 Å². The van der Waals surface area contributed by atoms with E-state index in [1.807, 2.05) is 0 Å². The molecule has 0 amide bonds. The second-order valence-corrected chi connectivity index (χ2v) is 5.70. The first-order valence-electron chi connectivity index (χ1n) is 7.76. The summed E-state index contributed by atoms with van der Waals surface area (Å²) >= 11 is 0. The van der Waals surface area contributed by atoms with Crippen molar-refractivity contribution in [1.82, 2.24) is 0 Å². The third-order valence-corrected chi connectivity index (χ3v) is 4.38. The van der Waals surface area contributed by atoms with E-state index < -0.39 is 0 Å². The molecule has 2 nitrogen and oxygen atoms in total. The molecule has 0 aliphatic heterocycles. The summed E-state index contributed by atoms with van der Waals surface area (Å²) in [5.41, 5.74) is 7.28. The van der Waals surface area contributed by atoms with Crippen LogP contribution >= 0.6 is 0 Å². The Labute approximate surface area is 117 Å². The van der Waals surface area contributed by atoms with Crippen LogP contribution in [0.1, 0.15) is 64.0 Å². The average molecular weight is 261 g/mol. The number of ether oxygens (including phenoxy) is 1. The van der Waals surface area contributed by atoms with E-state index in [1.54, 1.807) is 0 Å². The Morgan fingerprint density at radius 3 is 2.79 bits per heavy atom. The van der Waals surface area contributed by atoms with Gasteiger partial charge in [0.15, 0.2) is 0 Å². The van der Waals surface area contributed by atoms with Gasteiger partial charge in [0.1, 0.15) is 11.9 Å². The number of benzene rings is 1. The van der Waals surface area contributed by atoms with Crippen LogP contribution in [0, 0.1) is 5.92 Å². The van der Waals surface area contributed by atoms with Gasteiger partial charge in [-0.25, -0.2) is 0 Å². The Bertz CT molecular complexity index is 391. The lowest BCUT2D eigenvalue weighted by atomic mass is 9.85. The maximum absolute atomic E-state index is 6.24. The molecule has 0 aromatic heterocycles. The van der Waals surface area contributed by atoms with E-state index in [-0.39, 0.29) is 6.04 Å². The Balaban J connectivity index is 2.05. The highest BCUT2D eigenvalue weighted by Crippen LogP contribution is 2.31. The van der Waals surface area contributed by atoms with Crippen molar-refractivity contribution in [2.75, 3.05) is 0 Å². The minimum Gasteiger partial charge on any atom is -0.490 e. The third kappa shape index (κ3) is 3.73. The van der Waals surface area contributed by atoms with Crippen LogP contribution in [0.5, 0.6) is 5.75 Å². The SMILES string of the molecule is CCC(N)c1cccc(OC2CCCCC2CC)c1. The molecule has 1 aromatic rings. The summed E-state index contributed by atoms with van der Waals surface area (Å²) < 4.78 is 6.24. The molecule has 106 valence electrons. The Hall–Kier alpha value is -1.02. The number of nitrogens with two attached hydrogens (primary N) is 1. The molecule has 0 spiro atoms. The Morgan fingerprint density at radius 1 is 1.26 bits per heavy atom. The highest BCUT2D eigenvalue weighted by Gasteiger charge is 2.25. The van der Waals surface area contributed by atoms with E-state index in [2.05, 4.69) is 38.1 Å². The molecule has 2 N–H and O–H groups in total. The number of hydrogen-bond donors (Lipinski definition) is 1. The lowest BCUT2D eigenvalue weighted by Crippen LogP contribution is -2.29. The smallest absolute Gasteiger partial charge is 0.120 e. The second kappa shape index (κ2) is 6.95. The van der Waals surface area contributed by atoms with E-state index in [1.165, 1.54) is 37.7 Å². The molecule has 0 radical (unpaired) electrons. The first-order valence-corrected chi connectivity index (χ1v) is 7.76. The summed E-state index contributed by atoms with van der Waals surface area (Å²) in [6.45, 7) is 4.39. The molecule has 1 aliphatic rings. The van der Waals surface area contributed by atoms with E-state index in [9.17, 15) is 0 Å². The summed E-state index contributed by atoms with van der Waals surface area (Å²) in [6, 6.07) is 8.46. The number of hydrogen-bond acceptors (Lipinski definition) is 2. The van der Waals surface area contributed by atoms with Crippen molar-refractivity contribution >= 4 is 0 Å². The third-order valence-electron chi connectivity index (χ3n) is 4.38. The molecule has 1 saturated carbocycles. The largest absolute Gasteiger partial charge is 0.490 e. The summed E-state index contributed by atoms with van der Waals surface area (Å²) in [4.78, 5) is 0. The zero-order chi connectivity index (χ0) is 13.7. The molecule has 2 heteroatoms. The van der Waals surface area contributed by atoms with Gasteiger partial charge in [-0.05, 0) is 55.7 Å². The predicted molar refractivity (Wildman–Crippen MR) is 80.3 cm³/mol. The molecular weight excluding hydrogens is 234 g/mol. The van der Waals surface area contributed by atoms with Gasteiger partial charge in [0.05, 0.1) is 0 Å². The van der Waals surface area contributed by atoms with Gasteiger partial charge < -0.3 is 10.5 Å². The van der Waals surface area contributed by atoms with Crippen molar-refractivity contribution < 1.29 is 4.74 Å². The molecule has 3 unspecified atom stereocenters. The first kappa shape index (κ1) is 14.4. The molecule has 2 rings (SSSR count). The van der Waals surface area contributed by atoms with E-state index in [0.29, 0.717) is 6.10 Å². The maximum atomic E-state index is 6.24. The van der Waals surface area contributed by atoms with Crippen LogP contribution in [0.2, 0.25) is 0 Å². The fourth-order valence-electron chi connectivity index (χ4n) is 3.02. The van der Waals surface area contributed by atoms with Crippen molar-refractivity contribution in [2.45, 2.75) is 64.5 Å². The van der Waals surface area contributed by atoms with Crippen LogP contribution < -0.4 is 10.5 Å². The first-order chi connectivity index (χ1) is 9.24.